The molecule has 109 valence electrons. The predicted molar refractivity (Wildman–Crippen MR) is 85.3 cm³/mol. The summed E-state index contributed by atoms with van der Waals surface area (Å²) in [5.41, 5.74) is 0. The zero-order valence-electron chi connectivity index (χ0n) is 12.7. The van der Waals surface area contributed by atoms with Gasteiger partial charge in [0.2, 0.25) is 0 Å². The van der Waals surface area contributed by atoms with Gasteiger partial charge in [0, 0.05) is 5.38 Å². The molecule has 18 heavy (non-hydrogen) atoms. The van der Waals surface area contributed by atoms with Crippen LogP contribution in [0.1, 0.15) is 97.3 Å². The number of hydrogen-bond donors (Lipinski definition) is 0. The molecule has 1 unspecified atom stereocenters. The van der Waals surface area contributed by atoms with Crippen LogP contribution in [0.3, 0.4) is 0 Å². The molecule has 0 fully saturated rings. The molecular formula is C17H34Cl. The Kier molecular flexibility index (Phi) is 15.6. The van der Waals surface area contributed by atoms with Crippen molar-refractivity contribution in [2.75, 3.05) is 0 Å². The Bertz CT molecular complexity index is 145. The van der Waals surface area contributed by atoms with Crippen LogP contribution in [0.2, 0.25) is 0 Å². The van der Waals surface area contributed by atoms with Crippen molar-refractivity contribution in [2.24, 2.45) is 0 Å². The van der Waals surface area contributed by atoms with Crippen LogP contribution in [0.5, 0.6) is 0 Å². The van der Waals surface area contributed by atoms with E-state index in [0.717, 1.165) is 6.42 Å². The Morgan fingerprint density at radius 2 is 1.22 bits per heavy atom. The molecule has 0 spiro atoms. The Labute approximate surface area is 121 Å². The van der Waals surface area contributed by atoms with Gasteiger partial charge in [0.25, 0.3) is 0 Å². The maximum absolute atomic E-state index is 6.17. The van der Waals surface area contributed by atoms with Crippen molar-refractivity contribution in [1.82, 2.24) is 0 Å². The molecule has 0 aromatic heterocycles. The highest BCUT2D eigenvalue weighted by atomic mass is 35.5. The van der Waals surface area contributed by atoms with Crippen LogP contribution in [0, 0.1) is 6.42 Å². The number of hydrogen-bond acceptors (Lipinski definition) is 0. The normalized spacial score (nSPS) is 12.8. The highest BCUT2D eigenvalue weighted by Gasteiger charge is 2.02. The average Bonchev–Trinajstić information content (AvgIpc) is 2.36. The molecule has 0 amide bonds. The van der Waals surface area contributed by atoms with Crippen molar-refractivity contribution in [3.8, 4) is 0 Å². The van der Waals surface area contributed by atoms with Crippen LogP contribution in [-0.4, -0.2) is 5.38 Å². The van der Waals surface area contributed by atoms with E-state index in [1.54, 1.807) is 0 Å². The van der Waals surface area contributed by atoms with Gasteiger partial charge in [-0.05, 0) is 19.3 Å². The van der Waals surface area contributed by atoms with E-state index in [-0.39, 0.29) is 0 Å². The smallest absolute Gasteiger partial charge is 0.0338 e. The molecule has 0 aliphatic rings. The van der Waals surface area contributed by atoms with E-state index in [2.05, 4.69) is 20.3 Å². The Hall–Kier alpha value is 0.290. The fraction of sp³-hybridized carbons (Fsp3) is 0.941. The van der Waals surface area contributed by atoms with Gasteiger partial charge < -0.3 is 0 Å². The van der Waals surface area contributed by atoms with E-state index >= 15 is 0 Å². The summed E-state index contributed by atoms with van der Waals surface area (Å²) in [5, 5.41) is 0.383. The summed E-state index contributed by atoms with van der Waals surface area (Å²) in [4.78, 5) is 0. The maximum Gasteiger partial charge on any atom is 0.0338 e. The molecule has 0 aliphatic heterocycles. The highest BCUT2D eigenvalue weighted by Crippen LogP contribution is 2.16. The predicted octanol–water partition coefficient (Wildman–Crippen LogP) is 6.91. The minimum absolute atomic E-state index is 0.383. The molecule has 0 rings (SSSR count). The summed E-state index contributed by atoms with van der Waals surface area (Å²) in [7, 11) is 0. The van der Waals surface area contributed by atoms with Crippen molar-refractivity contribution in [3.63, 3.8) is 0 Å². The lowest BCUT2D eigenvalue weighted by Gasteiger charge is -2.07. The van der Waals surface area contributed by atoms with Crippen LogP contribution in [0.4, 0.5) is 0 Å². The van der Waals surface area contributed by atoms with Gasteiger partial charge in [-0.1, -0.05) is 84.5 Å². The molecule has 0 saturated heterocycles. The first-order valence-corrected chi connectivity index (χ1v) is 8.66. The molecule has 0 aliphatic carbocycles. The lowest BCUT2D eigenvalue weighted by molar-refractivity contribution is 0.540. The molecule has 0 aromatic carbocycles. The summed E-state index contributed by atoms with van der Waals surface area (Å²) in [5.74, 6) is 0. The van der Waals surface area contributed by atoms with Crippen LogP contribution in [0.25, 0.3) is 0 Å². The zero-order valence-corrected chi connectivity index (χ0v) is 13.5. The van der Waals surface area contributed by atoms with Gasteiger partial charge in [-0.3, -0.25) is 0 Å². The maximum atomic E-state index is 6.17. The van der Waals surface area contributed by atoms with Crippen LogP contribution in [-0.2, 0) is 0 Å². The first kappa shape index (κ1) is 18.3. The van der Waals surface area contributed by atoms with Gasteiger partial charge >= 0.3 is 0 Å². The zero-order chi connectivity index (χ0) is 13.5. The summed E-state index contributed by atoms with van der Waals surface area (Å²) < 4.78 is 0. The van der Waals surface area contributed by atoms with Crippen molar-refractivity contribution < 1.29 is 0 Å². The van der Waals surface area contributed by atoms with Crippen LogP contribution >= 0.6 is 11.6 Å². The SMILES string of the molecule is C[CH]CC(Cl)CCCCCCCCCCCCC. The van der Waals surface area contributed by atoms with Gasteiger partial charge in [0.05, 0.1) is 0 Å². The van der Waals surface area contributed by atoms with Crippen molar-refractivity contribution in [1.29, 1.82) is 0 Å². The third-order valence-corrected chi connectivity index (χ3v) is 4.01. The largest absolute Gasteiger partial charge is 0.123 e. The second-order valence-electron chi connectivity index (χ2n) is 5.57. The standard InChI is InChI=1S/C17H34Cl/c1-3-5-6-7-8-9-10-11-12-13-14-16-17(18)15-4-2/h4,17H,3,5-16H2,1-2H3. The van der Waals surface area contributed by atoms with E-state index in [1.165, 1.54) is 77.0 Å². The molecule has 0 aromatic rings. The minimum atomic E-state index is 0.383. The third kappa shape index (κ3) is 14.4. The summed E-state index contributed by atoms with van der Waals surface area (Å²) in [6.07, 6.45) is 20.0. The Morgan fingerprint density at radius 3 is 1.67 bits per heavy atom. The van der Waals surface area contributed by atoms with E-state index in [9.17, 15) is 0 Å². The topological polar surface area (TPSA) is 0 Å². The lowest BCUT2D eigenvalue weighted by atomic mass is 10.0. The van der Waals surface area contributed by atoms with E-state index in [4.69, 9.17) is 11.6 Å². The number of unbranched alkanes of at least 4 members (excludes halogenated alkanes) is 10. The fourth-order valence-corrected chi connectivity index (χ4v) is 2.74. The first-order chi connectivity index (χ1) is 8.81. The highest BCUT2D eigenvalue weighted by molar-refractivity contribution is 6.20. The number of rotatable bonds is 14. The molecule has 0 saturated carbocycles. The van der Waals surface area contributed by atoms with Gasteiger partial charge in [0.15, 0.2) is 0 Å². The molecule has 1 atom stereocenters. The summed E-state index contributed by atoms with van der Waals surface area (Å²) in [6, 6.07) is 0. The van der Waals surface area contributed by atoms with Gasteiger partial charge in [-0.25, -0.2) is 0 Å². The third-order valence-electron chi connectivity index (χ3n) is 3.61. The summed E-state index contributed by atoms with van der Waals surface area (Å²) >= 11 is 6.17. The number of halogens is 1. The second kappa shape index (κ2) is 15.3. The number of alkyl halides is 1. The fourth-order valence-electron chi connectivity index (χ4n) is 2.40. The van der Waals surface area contributed by atoms with Crippen LogP contribution in [0.15, 0.2) is 0 Å². The van der Waals surface area contributed by atoms with Crippen molar-refractivity contribution in [3.05, 3.63) is 6.42 Å². The van der Waals surface area contributed by atoms with Gasteiger partial charge in [-0.2, -0.15) is 0 Å². The molecule has 1 radical (unpaired) electrons. The monoisotopic (exact) mass is 273 g/mol. The first-order valence-electron chi connectivity index (χ1n) is 8.23. The van der Waals surface area contributed by atoms with Crippen LogP contribution < -0.4 is 0 Å². The second-order valence-corrected chi connectivity index (χ2v) is 6.18. The summed E-state index contributed by atoms with van der Waals surface area (Å²) in [6.45, 7) is 4.37. The molecule has 0 nitrogen and oxygen atoms in total. The average molecular weight is 274 g/mol. The lowest BCUT2D eigenvalue weighted by Crippen LogP contribution is -1.97. The van der Waals surface area contributed by atoms with Crippen molar-refractivity contribution in [2.45, 2.75) is 103 Å². The van der Waals surface area contributed by atoms with E-state index in [0.29, 0.717) is 5.38 Å². The molecule has 0 bridgehead atoms. The van der Waals surface area contributed by atoms with Gasteiger partial charge in [-0.15, -0.1) is 11.6 Å². The molecule has 1 heteroatoms. The molecular weight excluding hydrogens is 240 g/mol. The Morgan fingerprint density at radius 1 is 0.778 bits per heavy atom. The van der Waals surface area contributed by atoms with E-state index in [1.807, 2.05) is 0 Å². The Balaban J connectivity index is 2.98. The molecule has 0 N–H and O–H groups in total. The minimum Gasteiger partial charge on any atom is -0.123 e. The molecule has 0 heterocycles. The van der Waals surface area contributed by atoms with Crippen molar-refractivity contribution >= 4 is 11.6 Å². The van der Waals surface area contributed by atoms with Gasteiger partial charge in [0.1, 0.15) is 0 Å². The quantitative estimate of drug-likeness (QED) is 0.238. The van der Waals surface area contributed by atoms with E-state index < -0.39 is 0 Å².